The van der Waals surface area contributed by atoms with Crippen LogP contribution in [0, 0.1) is 0 Å². The number of hydrogen-bond donors (Lipinski definition) is 4. The number of carboxylic acid groups (broad SMARTS) is 1. The largest absolute Gasteiger partial charge is 0.480 e. The van der Waals surface area contributed by atoms with Crippen LogP contribution >= 0.6 is 0 Å². The number of hydrogen-bond acceptors (Lipinski definition) is 4. The number of carboxylic acids is 1. The molecule has 0 aromatic rings. The molecule has 0 bridgehead atoms. The van der Waals surface area contributed by atoms with Crippen LogP contribution in [0.15, 0.2) is 0 Å². The van der Waals surface area contributed by atoms with E-state index in [4.69, 9.17) is 10.8 Å². The predicted octanol–water partition coefficient (Wildman–Crippen LogP) is -1.91. The molecule has 15 heavy (non-hydrogen) atoms. The number of hydrazine groups is 1. The van der Waals surface area contributed by atoms with Crippen molar-refractivity contribution in [2.75, 3.05) is 14.1 Å². The Morgan fingerprint density at radius 2 is 1.93 bits per heavy atom. The van der Waals surface area contributed by atoms with Crippen molar-refractivity contribution in [3.8, 4) is 0 Å². The van der Waals surface area contributed by atoms with Crippen LogP contribution < -0.4 is 16.5 Å². The van der Waals surface area contributed by atoms with Gasteiger partial charge in [-0.1, -0.05) is 0 Å². The van der Waals surface area contributed by atoms with Crippen molar-refractivity contribution in [1.29, 1.82) is 0 Å². The Morgan fingerprint density at radius 1 is 1.40 bits per heavy atom. The molecule has 0 aliphatic heterocycles. The number of aliphatic carboxylic acids is 1. The lowest BCUT2D eigenvalue weighted by Gasteiger charge is -2.16. The highest BCUT2D eigenvalue weighted by atomic mass is 16.4. The summed E-state index contributed by atoms with van der Waals surface area (Å²) in [5.41, 5.74) is 7.09. The highest BCUT2D eigenvalue weighted by Crippen LogP contribution is 1.91. The fourth-order valence-electron chi connectivity index (χ4n) is 0.795. The zero-order chi connectivity index (χ0) is 12.0. The van der Waals surface area contributed by atoms with Crippen LogP contribution in [0.4, 0.5) is 4.79 Å². The molecule has 0 aromatic carbocycles. The number of nitrogens with one attached hydrogen (secondary N) is 2. The van der Waals surface area contributed by atoms with E-state index in [0.717, 1.165) is 0 Å². The maximum absolute atomic E-state index is 11.1. The van der Waals surface area contributed by atoms with E-state index >= 15 is 0 Å². The zero-order valence-corrected chi connectivity index (χ0v) is 8.48. The number of primary amides is 1. The third-order valence-electron chi connectivity index (χ3n) is 1.33. The Morgan fingerprint density at radius 3 is 2.27 bits per heavy atom. The van der Waals surface area contributed by atoms with Crippen LogP contribution in [0.3, 0.4) is 0 Å². The molecule has 3 amide bonds. The van der Waals surface area contributed by atoms with E-state index in [1.165, 1.54) is 5.01 Å². The normalized spacial score (nSPS) is 11.9. The molecular formula is C7H14N4O4. The average molecular weight is 218 g/mol. The molecule has 5 N–H and O–H groups in total. The van der Waals surface area contributed by atoms with Crippen LogP contribution in [-0.2, 0) is 9.59 Å². The third kappa shape index (κ3) is 6.27. The Balaban J connectivity index is 4.22. The molecule has 86 valence electrons. The third-order valence-corrected chi connectivity index (χ3v) is 1.33. The van der Waals surface area contributed by atoms with Gasteiger partial charge < -0.3 is 16.2 Å². The summed E-state index contributed by atoms with van der Waals surface area (Å²) in [6.07, 6.45) is -0.448. The zero-order valence-electron chi connectivity index (χ0n) is 8.48. The van der Waals surface area contributed by atoms with Gasteiger partial charge in [-0.2, -0.15) is 0 Å². The summed E-state index contributed by atoms with van der Waals surface area (Å²) < 4.78 is 0. The fraction of sp³-hybridized carbons (Fsp3) is 0.571. The first-order valence-corrected chi connectivity index (χ1v) is 4.08. The molecule has 1 atom stereocenters. The molecule has 0 heterocycles. The molecular weight excluding hydrogens is 204 g/mol. The second-order valence-electron chi connectivity index (χ2n) is 3.04. The predicted molar refractivity (Wildman–Crippen MR) is 50.6 cm³/mol. The Labute approximate surface area is 86.4 Å². The second kappa shape index (κ2) is 5.81. The van der Waals surface area contributed by atoms with Crippen molar-refractivity contribution in [2.24, 2.45) is 5.73 Å². The van der Waals surface area contributed by atoms with Crippen LogP contribution in [0.5, 0.6) is 0 Å². The molecule has 0 rings (SSSR count). The number of nitrogens with zero attached hydrogens (tertiary/aromatic N) is 1. The molecule has 0 saturated carbocycles. The summed E-state index contributed by atoms with van der Waals surface area (Å²) in [7, 11) is 3.12. The van der Waals surface area contributed by atoms with E-state index in [0.29, 0.717) is 0 Å². The van der Waals surface area contributed by atoms with Crippen molar-refractivity contribution in [2.45, 2.75) is 12.5 Å². The number of carbonyl (C=O) groups is 3. The summed E-state index contributed by atoms with van der Waals surface area (Å²) in [4.78, 5) is 32.2. The highest BCUT2D eigenvalue weighted by molar-refractivity contribution is 5.87. The molecule has 8 heteroatoms. The lowest BCUT2D eigenvalue weighted by atomic mass is 10.2. The van der Waals surface area contributed by atoms with Crippen LogP contribution in [0.25, 0.3) is 0 Å². The first-order chi connectivity index (χ1) is 6.82. The van der Waals surface area contributed by atoms with E-state index in [-0.39, 0.29) is 0 Å². The Hall–Kier alpha value is -1.83. The van der Waals surface area contributed by atoms with Gasteiger partial charge in [0.25, 0.3) is 0 Å². The van der Waals surface area contributed by atoms with Gasteiger partial charge in [-0.25, -0.2) is 14.6 Å². The minimum Gasteiger partial charge on any atom is -0.480 e. The van der Waals surface area contributed by atoms with Gasteiger partial charge in [0.05, 0.1) is 6.42 Å². The van der Waals surface area contributed by atoms with Crippen molar-refractivity contribution in [3.05, 3.63) is 0 Å². The van der Waals surface area contributed by atoms with Gasteiger partial charge in [-0.05, 0) is 0 Å². The van der Waals surface area contributed by atoms with E-state index in [1.807, 2.05) is 0 Å². The minimum atomic E-state index is -1.32. The Bertz CT molecular complexity index is 266. The average Bonchev–Trinajstić information content (AvgIpc) is 1.99. The first kappa shape index (κ1) is 13.2. The number of urea groups is 1. The van der Waals surface area contributed by atoms with Gasteiger partial charge in [0, 0.05) is 14.1 Å². The van der Waals surface area contributed by atoms with Crippen LogP contribution in [-0.4, -0.2) is 48.2 Å². The monoisotopic (exact) mass is 218 g/mol. The molecule has 0 aliphatic rings. The summed E-state index contributed by atoms with van der Waals surface area (Å²) in [5, 5.41) is 12.1. The summed E-state index contributed by atoms with van der Waals surface area (Å²) in [6, 6.07) is -2.03. The van der Waals surface area contributed by atoms with Gasteiger partial charge in [-0.15, -0.1) is 0 Å². The molecule has 0 spiro atoms. The standard InChI is InChI=1S/C7H14N4O4/c1-11(2)10-7(15)9-4(6(13)14)3-5(8)12/h4H,3H2,1-2H3,(H2,8,12)(H,13,14)(H2,9,10,15). The van der Waals surface area contributed by atoms with Gasteiger partial charge >= 0.3 is 12.0 Å². The maximum Gasteiger partial charge on any atom is 0.330 e. The molecule has 0 aliphatic carbocycles. The van der Waals surface area contributed by atoms with Gasteiger partial charge in [0.1, 0.15) is 6.04 Å². The minimum absolute atomic E-state index is 0.448. The first-order valence-electron chi connectivity index (χ1n) is 4.08. The molecule has 0 radical (unpaired) electrons. The van der Waals surface area contributed by atoms with Gasteiger partial charge in [0.2, 0.25) is 5.91 Å². The topological polar surface area (TPSA) is 125 Å². The fourth-order valence-corrected chi connectivity index (χ4v) is 0.795. The number of rotatable bonds is 5. The lowest BCUT2D eigenvalue weighted by Crippen LogP contribution is -2.50. The second-order valence-corrected chi connectivity index (χ2v) is 3.04. The molecule has 0 fully saturated rings. The smallest absolute Gasteiger partial charge is 0.330 e. The van der Waals surface area contributed by atoms with Crippen LogP contribution in [0.2, 0.25) is 0 Å². The summed E-state index contributed by atoms with van der Waals surface area (Å²) >= 11 is 0. The Kier molecular flexibility index (Phi) is 5.10. The molecule has 1 unspecified atom stereocenters. The SMILES string of the molecule is CN(C)NC(=O)NC(CC(N)=O)C(=O)O. The number of carbonyl (C=O) groups excluding carboxylic acids is 2. The van der Waals surface area contributed by atoms with Gasteiger partial charge in [0.15, 0.2) is 0 Å². The van der Waals surface area contributed by atoms with E-state index in [2.05, 4.69) is 10.7 Å². The summed E-state index contributed by atoms with van der Waals surface area (Å²) in [6.45, 7) is 0. The lowest BCUT2D eigenvalue weighted by molar-refractivity contribution is -0.140. The van der Waals surface area contributed by atoms with Crippen molar-refractivity contribution in [3.63, 3.8) is 0 Å². The molecule has 0 aromatic heterocycles. The van der Waals surface area contributed by atoms with Crippen molar-refractivity contribution in [1.82, 2.24) is 15.8 Å². The highest BCUT2D eigenvalue weighted by Gasteiger charge is 2.21. The number of nitrogens with two attached hydrogens (primary N) is 1. The van der Waals surface area contributed by atoms with Gasteiger partial charge in [-0.3, -0.25) is 10.2 Å². The summed E-state index contributed by atoms with van der Waals surface area (Å²) in [5.74, 6) is -2.12. The van der Waals surface area contributed by atoms with E-state index in [9.17, 15) is 14.4 Å². The quantitative estimate of drug-likeness (QED) is 0.401. The van der Waals surface area contributed by atoms with E-state index in [1.54, 1.807) is 14.1 Å². The van der Waals surface area contributed by atoms with E-state index < -0.39 is 30.4 Å². The van der Waals surface area contributed by atoms with Crippen LogP contribution in [0.1, 0.15) is 6.42 Å². The van der Waals surface area contributed by atoms with Crippen molar-refractivity contribution < 1.29 is 19.5 Å². The maximum atomic E-state index is 11.1. The molecule has 8 nitrogen and oxygen atoms in total. The van der Waals surface area contributed by atoms with Crippen molar-refractivity contribution >= 4 is 17.9 Å². The number of amides is 3. The molecule has 0 saturated heterocycles.